The number of esters is 2. The van der Waals surface area contributed by atoms with E-state index in [2.05, 4.69) is 6.92 Å². The summed E-state index contributed by atoms with van der Waals surface area (Å²) in [5.74, 6) is -1.27. The molecule has 2 N–H and O–H groups in total. The molecular formula is C22H37O6+. The number of carbonyl (C=O) groups excluding carboxylic acids is 2. The molecule has 0 amide bonds. The van der Waals surface area contributed by atoms with E-state index in [0.29, 0.717) is 37.4 Å². The third kappa shape index (κ3) is 10.4. The summed E-state index contributed by atoms with van der Waals surface area (Å²) in [5.41, 5.74) is 0.640. The Kier molecular flexibility index (Phi) is 14.0. The third-order valence-corrected chi connectivity index (χ3v) is 4.64. The predicted molar refractivity (Wildman–Crippen MR) is 109 cm³/mol. The zero-order chi connectivity index (χ0) is 21.5. The Balaban J connectivity index is 5.11. The van der Waals surface area contributed by atoms with E-state index in [-0.39, 0.29) is 24.1 Å². The van der Waals surface area contributed by atoms with E-state index in [0.717, 1.165) is 19.3 Å². The van der Waals surface area contributed by atoms with Gasteiger partial charge in [-0.3, -0.25) is 9.59 Å². The Labute approximate surface area is 169 Å². The fourth-order valence-corrected chi connectivity index (χ4v) is 2.50. The van der Waals surface area contributed by atoms with Crippen molar-refractivity contribution in [3.63, 3.8) is 0 Å². The van der Waals surface area contributed by atoms with Gasteiger partial charge < -0.3 is 19.7 Å². The Morgan fingerprint density at radius 2 is 1.86 bits per heavy atom. The van der Waals surface area contributed by atoms with Crippen molar-refractivity contribution in [3.05, 3.63) is 30.1 Å². The van der Waals surface area contributed by atoms with Crippen LogP contribution in [0.3, 0.4) is 0 Å². The molecule has 0 heterocycles. The molecule has 0 saturated heterocycles. The zero-order valence-corrected chi connectivity index (χ0v) is 17.8. The highest BCUT2D eigenvalue weighted by molar-refractivity contribution is 5.74. The highest BCUT2D eigenvalue weighted by Crippen LogP contribution is 2.20. The molecule has 0 bridgehead atoms. The van der Waals surface area contributed by atoms with Crippen LogP contribution in [-0.4, -0.2) is 35.4 Å². The molecule has 0 aliphatic heterocycles. The van der Waals surface area contributed by atoms with Gasteiger partial charge in [-0.15, -0.1) is 0 Å². The maximum Gasteiger partial charge on any atom is 0.314 e. The van der Waals surface area contributed by atoms with Crippen LogP contribution < -0.4 is 0 Å². The topological polar surface area (TPSA) is 93.1 Å². The highest BCUT2D eigenvalue weighted by atomic mass is 16.5. The summed E-state index contributed by atoms with van der Waals surface area (Å²) in [4.78, 5) is 24.4. The molecule has 28 heavy (non-hydrogen) atoms. The quantitative estimate of drug-likeness (QED) is 0.192. The molecule has 2 unspecified atom stereocenters. The van der Waals surface area contributed by atoms with Gasteiger partial charge in [-0.25, -0.2) is 0 Å². The Bertz CT molecular complexity index is 535. The summed E-state index contributed by atoms with van der Waals surface area (Å²) in [6.07, 6.45) is 5.68. The van der Waals surface area contributed by atoms with E-state index < -0.39 is 18.3 Å². The largest absolute Gasteiger partial charge is 0.506 e. The molecule has 6 nitrogen and oxygen atoms in total. The number of rotatable bonds is 14. The summed E-state index contributed by atoms with van der Waals surface area (Å²) in [7, 11) is 0. The van der Waals surface area contributed by atoms with Crippen molar-refractivity contribution in [2.75, 3.05) is 13.2 Å². The van der Waals surface area contributed by atoms with Crippen LogP contribution in [0.2, 0.25) is 0 Å². The van der Waals surface area contributed by atoms with Crippen molar-refractivity contribution >= 4 is 11.9 Å². The molecule has 0 spiro atoms. The van der Waals surface area contributed by atoms with E-state index in [1.165, 1.54) is 6.08 Å². The summed E-state index contributed by atoms with van der Waals surface area (Å²) in [6, 6.07) is 0. The molecule has 160 valence electrons. The molecule has 0 aromatic carbocycles. The fraction of sp³-hybridized carbons (Fsp3) is 0.682. The van der Waals surface area contributed by atoms with Crippen LogP contribution in [0.1, 0.15) is 72.6 Å². The lowest BCUT2D eigenvalue weighted by Gasteiger charge is -2.15. The van der Waals surface area contributed by atoms with E-state index in [1.807, 2.05) is 27.7 Å². The smallest absolute Gasteiger partial charge is 0.314 e. The normalized spacial score (nSPS) is 14.8. The van der Waals surface area contributed by atoms with Crippen LogP contribution in [0.4, 0.5) is 0 Å². The van der Waals surface area contributed by atoms with Gasteiger partial charge in [0, 0.05) is 0 Å². The number of ether oxygens (including phenoxy) is 2. The molecule has 6 heteroatoms. The van der Waals surface area contributed by atoms with Crippen LogP contribution in [0.5, 0.6) is 0 Å². The first-order valence-electron chi connectivity index (χ1n) is 10.2. The average molecular weight is 398 g/mol. The highest BCUT2D eigenvalue weighted by Gasteiger charge is 2.20. The number of hydrogen-bond acceptors (Lipinski definition) is 6. The van der Waals surface area contributed by atoms with Crippen LogP contribution >= 0.6 is 0 Å². The van der Waals surface area contributed by atoms with Gasteiger partial charge in [0.1, 0.15) is 6.61 Å². The van der Waals surface area contributed by atoms with Gasteiger partial charge in [-0.05, 0) is 37.7 Å². The molecule has 2 atom stereocenters. The SMILES string of the molecule is [CH2+]CC(C)CCOC(=O)C/C(=C/C(OC(=O)C(CC)CCC)=C(/O)CO)CC. The number of allylic oxidation sites excluding steroid dienone is 1. The average Bonchev–Trinajstić information content (AvgIpc) is 2.69. The number of aliphatic hydroxyl groups is 2. The van der Waals surface area contributed by atoms with E-state index in [4.69, 9.17) is 9.47 Å². The predicted octanol–water partition coefficient (Wildman–Crippen LogP) is 4.64. The minimum atomic E-state index is -0.659. The first kappa shape index (κ1) is 26.1. The summed E-state index contributed by atoms with van der Waals surface area (Å²) >= 11 is 0. The summed E-state index contributed by atoms with van der Waals surface area (Å²) < 4.78 is 10.6. The van der Waals surface area contributed by atoms with Crippen molar-refractivity contribution in [2.45, 2.75) is 72.6 Å². The zero-order valence-electron chi connectivity index (χ0n) is 17.8. The van der Waals surface area contributed by atoms with Gasteiger partial charge in [0.15, 0.2) is 11.5 Å². The fourth-order valence-electron chi connectivity index (χ4n) is 2.50. The first-order valence-corrected chi connectivity index (χ1v) is 10.2. The molecule has 0 radical (unpaired) electrons. The third-order valence-electron chi connectivity index (χ3n) is 4.64. The van der Waals surface area contributed by atoms with E-state index in [9.17, 15) is 19.8 Å². The van der Waals surface area contributed by atoms with Crippen molar-refractivity contribution in [1.82, 2.24) is 0 Å². The first-order chi connectivity index (χ1) is 13.3. The Morgan fingerprint density at radius 1 is 1.18 bits per heavy atom. The number of hydrogen-bond donors (Lipinski definition) is 2. The van der Waals surface area contributed by atoms with Crippen molar-refractivity contribution in [1.29, 1.82) is 0 Å². The Hall–Kier alpha value is -1.95. The lowest BCUT2D eigenvalue weighted by Crippen LogP contribution is -2.18. The van der Waals surface area contributed by atoms with Crippen molar-refractivity contribution < 1.29 is 29.3 Å². The monoisotopic (exact) mass is 397 g/mol. The van der Waals surface area contributed by atoms with E-state index >= 15 is 0 Å². The maximum absolute atomic E-state index is 12.3. The molecule has 0 aliphatic carbocycles. The van der Waals surface area contributed by atoms with Crippen LogP contribution in [0.25, 0.3) is 0 Å². The molecule has 0 aliphatic rings. The van der Waals surface area contributed by atoms with Gasteiger partial charge in [-0.1, -0.05) is 39.7 Å². The molecule has 0 rings (SSSR count). The second kappa shape index (κ2) is 15.0. The minimum absolute atomic E-state index is 0.0289. The van der Waals surface area contributed by atoms with E-state index in [1.54, 1.807) is 0 Å². The van der Waals surface area contributed by atoms with Gasteiger partial charge in [0.05, 0.1) is 32.3 Å². The lowest BCUT2D eigenvalue weighted by atomic mass is 10.0. The number of carbonyl (C=O) groups is 2. The standard InChI is InChI=1S/C22H36O6/c1-6-10-18(9-4)22(26)28-20(19(24)15-23)13-17(8-3)14-21(25)27-12-11-16(5)7-2/h13,16,18,23H,2,6-12,14-15H2,1,3-5H3/p+1/b17-13+,20-19-. The minimum Gasteiger partial charge on any atom is -0.506 e. The van der Waals surface area contributed by atoms with Crippen LogP contribution in [-0.2, 0) is 19.1 Å². The van der Waals surface area contributed by atoms with Gasteiger partial charge in [-0.2, -0.15) is 0 Å². The Morgan fingerprint density at radius 3 is 2.36 bits per heavy atom. The van der Waals surface area contributed by atoms with Crippen LogP contribution in [0, 0.1) is 18.8 Å². The molecular weight excluding hydrogens is 360 g/mol. The van der Waals surface area contributed by atoms with Gasteiger partial charge in [0.25, 0.3) is 0 Å². The lowest BCUT2D eigenvalue weighted by molar-refractivity contribution is -0.144. The summed E-state index contributed by atoms with van der Waals surface area (Å²) in [5, 5.41) is 19.2. The van der Waals surface area contributed by atoms with Crippen LogP contribution in [0.15, 0.2) is 23.2 Å². The van der Waals surface area contributed by atoms with Gasteiger partial charge >= 0.3 is 11.9 Å². The maximum atomic E-state index is 12.3. The molecule has 0 fully saturated rings. The second-order valence-corrected chi connectivity index (χ2v) is 7.02. The second-order valence-electron chi connectivity index (χ2n) is 7.02. The van der Waals surface area contributed by atoms with Gasteiger partial charge in [0.2, 0.25) is 0 Å². The molecule has 0 aromatic rings. The number of aliphatic hydroxyl groups excluding tert-OH is 2. The molecule has 0 aromatic heterocycles. The van der Waals surface area contributed by atoms with Crippen molar-refractivity contribution in [3.8, 4) is 0 Å². The summed E-state index contributed by atoms with van der Waals surface area (Å²) in [6.45, 7) is 11.3. The molecule has 0 saturated carbocycles. The van der Waals surface area contributed by atoms with Crippen molar-refractivity contribution in [2.24, 2.45) is 11.8 Å².